The van der Waals surface area contributed by atoms with Gasteiger partial charge in [-0.1, -0.05) is 17.3 Å². The van der Waals surface area contributed by atoms with Crippen molar-refractivity contribution in [3.8, 4) is 0 Å². The summed E-state index contributed by atoms with van der Waals surface area (Å²) in [5, 5.41) is 4.50. The van der Waals surface area contributed by atoms with E-state index < -0.39 is 10.0 Å². The third-order valence-electron chi connectivity index (χ3n) is 2.51. The highest BCUT2D eigenvalue weighted by Crippen LogP contribution is 2.19. The minimum atomic E-state index is -3.46. The lowest BCUT2D eigenvalue weighted by atomic mass is 10.2. The maximum Gasteiger partial charge on any atom is 0.217 e. The van der Waals surface area contributed by atoms with Gasteiger partial charge in [-0.05, 0) is 19.1 Å². The van der Waals surface area contributed by atoms with Crippen LogP contribution in [0.1, 0.15) is 12.6 Å². The molecule has 8 heteroatoms. The first-order valence-corrected chi connectivity index (χ1v) is 7.20. The average Bonchev–Trinajstić information content (AvgIpc) is 2.71. The van der Waals surface area contributed by atoms with Crippen LogP contribution in [0.25, 0.3) is 11.0 Å². The number of hydrogen-bond acceptors (Lipinski definition) is 5. The number of benzene rings is 1. The van der Waals surface area contributed by atoms with Crippen molar-refractivity contribution in [1.29, 1.82) is 0 Å². The molecule has 3 N–H and O–H groups in total. The Hall–Kier alpha value is -1.15. The van der Waals surface area contributed by atoms with E-state index in [1.165, 1.54) is 0 Å². The molecule has 0 saturated heterocycles. The summed E-state index contributed by atoms with van der Waals surface area (Å²) in [6.07, 6.45) is 0. The van der Waals surface area contributed by atoms with Crippen LogP contribution >= 0.6 is 12.4 Å². The SMILES string of the molecule is C[C@@H](CN)NS(=O)(=O)Cc1noc2ccccc12.Cl. The normalized spacial score (nSPS) is 13.2. The molecule has 1 aromatic heterocycles. The number of fused-ring (bicyclic) bond motifs is 1. The summed E-state index contributed by atoms with van der Waals surface area (Å²) in [4.78, 5) is 0. The van der Waals surface area contributed by atoms with E-state index in [1.54, 1.807) is 25.1 Å². The van der Waals surface area contributed by atoms with E-state index in [4.69, 9.17) is 10.3 Å². The number of aromatic nitrogens is 1. The van der Waals surface area contributed by atoms with Gasteiger partial charge in [0, 0.05) is 18.0 Å². The van der Waals surface area contributed by atoms with Gasteiger partial charge in [-0.3, -0.25) is 0 Å². The van der Waals surface area contributed by atoms with Gasteiger partial charge in [0.05, 0.1) is 0 Å². The average molecular weight is 306 g/mol. The fourth-order valence-electron chi connectivity index (χ4n) is 1.62. The predicted molar refractivity (Wildman–Crippen MR) is 75.5 cm³/mol. The topological polar surface area (TPSA) is 98.2 Å². The Morgan fingerprint density at radius 3 is 2.79 bits per heavy atom. The number of nitrogens with one attached hydrogen (secondary N) is 1. The zero-order chi connectivity index (χ0) is 13.2. The lowest BCUT2D eigenvalue weighted by Gasteiger charge is -2.10. The highest BCUT2D eigenvalue weighted by molar-refractivity contribution is 7.88. The summed E-state index contributed by atoms with van der Waals surface area (Å²) in [5.74, 6) is -0.214. The summed E-state index contributed by atoms with van der Waals surface area (Å²) in [5.41, 5.74) is 6.37. The van der Waals surface area contributed by atoms with Gasteiger partial charge in [0.2, 0.25) is 10.0 Å². The summed E-state index contributed by atoms with van der Waals surface area (Å²) >= 11 is 0. The molecule has 1 aromatic carbocycles. The van der Waals surface area contributed by atoms with Gasteiger partial charge in [-0.2, -0.15) is 0 Å². The molecule has 6 nitrogen and oxygen atoms in total. The predicted octanol–water partition coefficient (Wildman–Crippen LogP) is 1.02. The maximum atomic E-state index is 11.9. The first-order chi connectivity index (χ1) is 8.52. The van der Waals surface area contributed by atoms with Crippen molar-refractivity contribution in [2.45, 2.75) is 18.7 Å². The molecule has 0 saturated carbocycles. The van der Waals surface area contributed by atoms with Crippen LogP contribution in [0, 0.1) is 0 Å². The van der Waals surface area contributed by atoms with Gasteiger partial charge in [0.1, 0.15) is 11.4 Å². The van der Waals surface area contributed by atoms with E-state index in [0.29, 0.717) is 16.7 Å². The van der Waals surface area contributed by atoms with Gasteiger partial charge in [-0.15, -0.1) is 12.4 Å². The van der Waals surface area contributed by atoms with Crippen LogP contribution < -0.4 is 10.5 Å². The van der Waals surface area contributed by atoms with Crippen molar-refractivity contribution in [2.24, 2.45) is 5.73 Å². The lowest BCUT2D eigenvalue weighted by molar-refractivity contribution is 0.448. The minimum absolute atomic E-state index is 0. The van der Waals surface area contributed by atoms with Gasteiger partial charge in [-0.25, -0.2) is 13.1 Å². The Kier molecular flexibility index (Phi) is 5.30. The molecular formula is C11H16ClN3O3S. The largest absolute Gasteiger partial charge is 0.356 e. The summed E-state index contributed by atoms with van der Waals surface area (Å²) in [7, 11) is -3.46. The van der Waals surface area contributed by atoms with Crippen LogP contribution in [0.4, 0.5) is 0 Å². The number of rotatable bonds is 5. The molecule has 0 unspecified atom stereocenters. The monoisotopic (exact) mass is 305 g/mol. The Bertz CT molecular complexity index is 641. The highest BCUT2D eigenvalue weighted by atomic mass is 35.5. The van der Waals surface area contributed by atoms with Gasteiger partial charge in [0.15, 0.2) is 5.58 Å². The van der Waals surface area contributed by atoms with Crippen molar-refractivity contribution in [3.05, 3.63) is 30.0 Å². The van der Waals surface area contributed by atoms with Crippen LogP contribution in [0.3, 0.4) is 0 Å². The second-order valence-corrected chi connectivity index (χ2v) is 5.89. The summed E-state index contributed by atoms with van der Waals surface area (Å²) in [6, 6.07) is 6.84. The third kappa shape index (κ3) is 3.90. The van der Waals surface area contributed by atoms with Crippen molar-refractivity contribution < 1.29 is 12.9 Å². The minimum Gasteiger partial charge on any atom is -0.356 e. The molecule has 19 heavy (non-hydrogen) atoms. The summed E-state index contributed by atoms with van der Waals surface area (Å²) in [6.45, 7) is 1.96. The number of hydrogen-bond donors (Lipinski definition) is 2. The Labute approximate surface area is 117 Å². The van der Waals surface area contributed by atoms with Crippen LogP contribution in [0.15, 0.2) is 28.8 Å². The zero-order valence-electron chi connectivity index (χ0n) is 10.4. The zero-order valence-corrected chi connectivity index (χ0v) is 12.0. The highest BCUT2D eigenvalue weighted by Gasteiger charge is 2.18. The maximum absolute atomic E-state index is 11.9. The molecule has 0 amide bonds. The van der Waals surface area contributed by atoms with Gasteiger partial charge >= 0.3 is 0 Å². The van der Waals surface area contributed by atoms with Crippen LogP contribution in [-0.4, -0.2) is 26.2 Å². The Morgan fingerprint density at radius 2 is 2.11 bits per heavy atom. The molecule has 1 heterocycles. The molecule has 2 rings (SSSR count). The molecule has 0 radical (unpaired) electrons. The van der Waals surface area contributed by atoms with Crippen LogP contribution in [-0.2, 0) is 15.8 Å². The van der Waals surface area contributed by atoms with Gasteiger partial charge < -0.3 is 10.3 Å². The Morgan fingerprint density at radius 1 is 1.42 bits per heavy atom. The van der Waals surface area contributed by atoms with E-state index in [0.717, 1.165) is 0 Å². The molecule has 0 spiro atoms. The molecule has 0 bridgehead atoms. The number of para-hydroxylation sites is 1. The van der Waals surface area contributed by atoms with E-state index in [1.807, 2.05) is 6.07 Å². The van der Waals surface area contributed by atoms with Crippen molar-refractivity contribution in [3.63, 3.8) is 0 Å². The molecular weight excluding hydrogens is 290 g/mol. The second-order valence-electron chi connectivity index (χ2n) is 4.14. The van der Waals surface area contributed by atoms with Crippen molar-refractivity contribution in [1.82, 2.24) is 9.88 Å². The van der Waals surface area contributed by atoms with Crippen molar-refractivity contribution >= 4 is 33.4 Å². The van der Waals surface area contributed by atoms with Crippen LogP contribution in [0.2, 0.25) is 0 Å². The second kappa shape index (κ2) is 6.33. The molecule has 2 aromatic rings. The van der Waals surface area contributed by atoms with E-state index >= 15 is 0 Å². The smallest absolute Gasteiger partial charge is 0.217 e. The fourth-order valence-corrected chi connectivity index (χ4v) is 2.98. The lowest BCUT2D eigenvalue weighted by Crippen LogP contribution is -2.38. The molecule has 0 fully saturated rings. The first kappa shape index (κ1) is 15.9. The standard InChI is InChI=1S/C11H15N3O3S.ClH/c1-8(6-12)14-18(15,16)7-10-9-4-2-3-5-11(9)17-13-10;/h2-5,8,14H,6-7,12H2,1H3;1H/t8-;/m0./s1. The number of sulfonamides is 1. The molecule has 0 aliphatic heterocycles. The van der Waals surface area contributed by atoms with Crippen LogP contribution in [0.5, 0.6) is 0 Å². The number of nitrogens with zero attached hydrogens (tertiary/aromatic N) is 1. The van der Waals surface area contributed by atoms with E-state index in [-0.39, 0.29) is 30.7 Å². The molecule has 1 atom stereocenters. The number of nitrogens with two attached hydrogens (primary N) is 1. The van der Waals surface area contributed by atoms with Crippen molar-refractivity contribution in [2.75, 3.05) is 6.54 Å². The third-order valence-corrected chi connectivity index (χ3v) is 3.93. The Balaban J connectivity index is 0.00000180. The molecule has 0 aliphatic carbocycles. The van der Waals surface area contributed by atoms with E-state index in [2.05, 4.69) is 9.88 Å². The van der Waals surface area contributed by atoms with Gasteiger partial charge in [0.25, 0.3) is 0 Å². The molecule has 106 valence electrons. The van der Waals surface area contributed by atoms with E-state index in [9.17, 15) is 8.42 Å². The fraction of sp³-hybridized carbons (Fsp3) is 0.364. The quantitative estimate of drug-likeness (QED) is 0.859. The first-order valence-electron chi connectivity index (χ1n) is 5.55. The summed E-state index contributed by atoms with van der Waals surface area (Å²) < 4.78 is 31.3. The molecule has 0 aliphatic rings. The number of halogens is 1.